The van der Waals surface area contributed by atoms with Gasteiger partial charge in [-0.05, 0) is 39.8 Å². The molecule has 0 aromatic carbocycles. The van der Waals surface area contributed by atoms with Gasteiger partial charge in [-0.15, -0.1) is 0 Å². The molecule has 3 N–H and O–H groups in total. The second-order valence-electron chi connectivity index (χ2n) is 5.64. The first kappa shape index (κ1) is 11.4. The van der Waals surface area contributed by atoms with Gasteiger partial charge < -0.3 is 16.0 Å². The molecule has 0 bridgehead atoms. The summed E-state index contributed by atoms with van der Waals surface area (Å²) in [6, 6.07) is 1.15. The van der Waals surface area contributed by atoms with E-state index < -0.39 is 0 Å². The van der Waals surface area contributed by atoms with Crippen LogP contribution in [-0.4, -0.2) is 43.2 Å². The summed E-state index contributed by atoms with van der Waals surface area (Å²) < 4.78 is 0. The van der Waals surface area contributed by atoms with Gasteiger partial charge in [0.2, 0.25) is 0 Å². The second-order valence-corrected chi connectivity index (χ2v) is 5.64. The molecule has 3 heteroatoms. The minimum absolute atomic E-state index is 0.430. The lowest BCUT2D eigenvalue weighted by molar-refractivity contribution is 0.138. The predicted molar refractivity (Wildman–Crippen MR) is 63.9 cm³/mol. The lowest BCUT2D eigenvalue weighted by Gasteiger charge is -2.41. The van der Waals surface area contributed by atoms with Crippen LogP contribution in [0.2, 0.25) is 0 Å². The summed E-state index contributed by atoms with van der Waals surface area (Å²) in [5.74, 6) is 0. The van der Waals surface area contributed by atoms with Crippen molar-refractivity contribution in [2.24, 2.45) is 5.73 Å². The Balaban J connectivity index is 1.80. The molecule has 0 amide bonds. The largest absolute Gasteiger partial charge is 0.328 e. The molecule has 0 unspecified atom stereocenters. The molecule has 2 aliphatic rings. The highest BCUT2D eigenvalue weighted by Crippen LogP contribution is 2.33. The molecule has 15 heavy (non-hydrogen) atoms. The van der Waals surface area contributed by atoms with Gasteiger partial charge in [0.05, 0.1) is 0 Å². The fraction of sp³-hybridized carbons (Fsp3) is 1.00. The van der Waals surface area contributed by atoms with E-state index in [4.69, 9.17) is 5.73 Å². The Labute approximate surface area is 93.4 Å². The van der Waals surface area contributed by atoms with E-state index in [0.29, 0.717) is 17.6 Å². The van der Waals surface area contributed by atoms with Gasteiger partial charge in [0.25, 0.3) is 0 Å². The number of nitrogens with zero attached hydrogens (tertiary/aromatic N) is 1. The summed E-state index contributed by atoms with van der Waals surface area (Å²) in [7, 11) is 4.44. The fourth-order valence-corrected chi connectivity index (χ4v) is 2.98. The number of rotatable bonds is 4. The van der Waals surface area contributed by atoms with Crippen LogP contribution in [-0.2, 0) is 0 Å². The molecule has 3 nitrogen and oxygen atoms in total. The zero-order chi connectivity index (χ0) is 10.9. The van der Waals surface area contributed by atoms with Gasteiger partial charge >= 0.3 is 0 Å². The normalized spacial score (nSPS) is 34.4. The molecule has 2 fully saturated rings. The smallest absolute Gasteiger partial charge is 0.0327 e. The van der Waals surface area contributed by atoms with E-state index in [1.54, 1.807) is 0 Å². The standard InChI is InChI=1S/C12H25N3/c1-15(2)12(5-3-4-6-12)9-14-11-7-10(13)8-11/h10-11,14H,3-9,13H2,1-2H3. The summed E-state index contributed by atoms with van der Waals surface area (Å²) >= 11 is 0. The number of hydrogen-bond acceptors (Lipinski definition) is 3. The van der Waals surface area contributed by atoms with Crippen LogP contribution >= 0.6 is 0 Å². The summed E-state index contributed by atoms with van der Waals surface area (Å²) in [5, 5.41) is 3.69. The van der Waals surface area contributed by atoms with E-state index in [-0.39, 0.29) is 0 Å². The Bertz CT molecular complexity index is 203. The Kier molecular flexibility index (Phi) is 3.33. The van der Waals surface area contributed by atoms with Crippen LogP contribution < -0.4 is 11.1 Å². The van der Waals surface area contributed by atoms with Gasteiger partial charge in [-0.2, -0.15) is 0 Å². The highest BCUT2D eigenvalue weighted by molar-refractivity contribution is 4.97. The minimum atomic E-state index is 0.430. The molecule has 2 saturated carbocycles. The Morgan fingerprint density at radius 3 is 2.33 bits per heavy atom. The molecule has 0 aromatic rings. The van der Waals surface area contributed by atoms with Gasteiger partial charge in [0, 0.05) is 24.2 Å². The highest BCUT2D eigenvalue weighted by Gasteiger charge is 2.37. The maximum Gasteiger partial charge on any atom is 0.0327 e. The zero-order valence-corrected chi connectivity index (χ0v) is 10.1. The van der Waals surface area contributed by atoms with Crippen molar-refractivity contribution in [3.05, 3.63) is 0 Å². The van der Waals surface area contributed by atoms with Gasteiger partial charge in [-0.25, -0.2) is 0 Å². The molecule has 88 valence electrons. The molecule has 0 spiro atoms. The molecule has 0 saturated heterocycles. The molecular formula is C12H25N3. The van der Waals surface area contributed by atoms with E-state index in [1.165, 1.54) is 38.5 Å². The third-order valence-electron chi connectivity index (χ3n) is 4.38. The molecule has 0 radical (unpaired) electrons. The van der Waals surface area contributed by atoms with Crippen LogP contribution in [0.3, 0.4) is 0 Å². The Morgan fingerprint density at radius 2 is 1.87 bits per heavy atom. The minimum Gasteiger partial charge on any atom is -0.328 e. The molecule has 0 atom stereocenters. The van der Waals surface area contributed by atoms with Crippen molar-refractivity contribution in [2.75, 3.05) is 20.6 Å². The fourth-order valence-electron chi connectivity index (χ4n) is 2.98. The second kappa shape index (κ2) is 4.40. The zero-order valence-electron chi connectivity index (χ0n) is 10.1. The lowest BCUT2D eigenvalue weighted by atomic mass is 9.86. The molecule has 0 heterocycles. The van der Waals surface area contributed by atoms with Crippen LogP contribution in [0.5, 0.6) is 0 Å². The van der Waals surface area contributed by atoms with Gasteiger partial charge in [-0.1, -0.05) is 12.8 Å². The first-order chi connectivity index (χ1) is 7.12. The number of nitrogens with one attached hydrogen (secondary N) is 1. The summed E-state index contributed by atoms with van der Waals surface area (Å²) in [4.78, 5) is 2.42. The van der Waals surface area contributed by atoms with Crippen LogP contribution in [0, 0.1) is 0 Å². The topological polar surface area (TPSA) is 41.3 Å². The van der Waals surface area contributed by atoms with Crippen molar-refractivity contribution in [2.45, 2.75) is 56.1 Å². The van der Waals surface area contributed by atoms with Crippen LogP contribution in [0.4, 0.5) is 0 Å². The van der Waals surface area contributed by atoms with Crippen LogP contribution in [0.15, 0.2) is 0 Å². The van der Waals surface area contributed by atoms with Crippen molar-refractivity contribution in [3.63, 3.8) is 0 Å². The molecule has 2 aliphatic carbocycles. The SMILES string of the molecule is CN(C)C1(CNC2CC(N)C2)CCCC1. The maximum absolute atomic E-state index is 5.79. The first-order valence-corrected chi connectivity index (χ1v) is 6.29. The third-order valence-corrected chi connectivity index (χ3v) is 4.38. The number of nitrogens with two attached hydrogens (primary N) is 1. The predicted octanol–water partition coefficient (Wildman–Crippen LogP) is 0.940. The average Bonchev–Trinajstić information content (AvgIpc) is 2.60. The van der Waals surface area contributed by atoms with Crippen molar-refractivity contribution < 1.29 is 0 Å². The van der Waals surface area contributed by atoms with E-state index in [0.717, 1.165) is 6.54 Å². The van der Waals surface area contributed by atoms with E-state index in [9.17, 15) is 0 Å². The number of likely N-dealkylation sites (N-methyl/N-ethyl adjacent to an activating group) is 1. The Morgan fingerprint density at radius 1 is 1.27 bits per heavy atom. The summed E-state index contributed by atoms with van der Waals surface area (Å²) in [6.07, 6.45) is 7.83. The monoisotopic (exact) mass is 211 g/mol. The van der Waals surface area contributed by atoms with Crippen molar-refractivity contribution in [1.29, 1.82) is 0 Å². The number of hydrogen-bond donors (Lipinski definition) is 2. The lowest BCUT2D eigenvalue weighted by Crippen LogP contribution is -2.56. The van der Waals surface area contributed by atoms with Gasteiger partial charge in [0.15, 0.2) is 0 Å². The third kappa shape index (κ3) is 2.35. The summed E-state index contributed by atoms with van der Waals surface area (Å²) in [5.41, 5.74) is 6.23. The highest BCUT2D eigenvalue weighted by atomic mass is 15.2. The molecular weight excluding hydrogens is 186 g/mol. The quantitative estimate of drug-likeness (QED) is 0.727. The summed E-state index contributed by atoms with van der Waals surface area (Å²) in [6.45, 7) is 1.15. The van der Waals surface area contributed by atoms with E-state index >= 15 is 0 Å². The van der Waals surface area contributed by atoms with E-state index in [1.807, 2.05) is 0 Å². The average molecular weight is 211 g/mol. The molecule has 0 aromatic heterocycles. The maximum atomic E-state index is 5.79. The van der Waals surface area contributed by atoms with Crippen molar-refractivity contribution in [3.8, 4) is 0 Å². The van der Waals surface area contributed by atoms with Crippen molar-refractivity contribution >= 4 is 0 Å². The van der Waals surface area contributed by atoms with Crippen molar-refractivity contribution in [1.82, 2.24) is 10.2 Å². The van der Waals surface area contributed by atoms with Gasteiger partial charge in [-0.3, -0.25) is 0 Å². The van der Waals surface area contributed by atoms with E-state index in [2.05, 4.69) is 24.3 Å². The first-order valence-electron chi connectivity index (χ1n) is 6.29. The molecule has 2 rings (SSSR count). The molecule has 0 aliphatic heterocycles. The Hall–Kier alpha value is -0.120. The van der Waals surface area contributed by atoms with Gasteiger partial charge in [0.1, 0.15) is 0 Å². The van der Waals surface area contributed by atoms with Crippen LogP contribution in [0.25, 0.3) is 0 Å². The van der Waals surface area contributed by atoms with Crippen LogP contribution in [0.1, 0.15) is 38.5 Å².